The molecule has 1 aliphatic carbocycles. The van der Waals surface area contributed by atoms with Crippen LogP contribution in [0.3, 0.4) is 0 Å². The first-order valence-corrected chi connectivity index (χ1v) is 19.5. The van der Waals surface area contributed by atoms with Gasteiger partial charge >= 0.3 is 11.8 Å². The number of rotatable bonds is 12. The van der Waals surface area contributed by atoms with E-state index in [1.54, 1.807) is 45.9 Å². The molecule has 2 aliphatic rings. The van der Waals surface area contributed by atoms with Crippen LogP contribution < -0.4 is 5.69 Å². The summed E-state index contributed by atoms with van der Waals surface area (Å²) in [5.74, 6) is 0. The number of hydrogen-bond donors (Lipinski definition) is 1. The van der Waals surface area contributed by atoms with E-state index >= 15 is 0 Å². The minimum atomic E-state index is -4.10. The molecule has 0 radical (unpaired) electrons. The summed E-state index contributed by atoms with van der Waals surface area (Å²) < 4.78 is 30.9. The molecule has 3 unspecified atom stereocenters. The third kappa shape index (κ3) is 7.00. The molecule has 1 N–H and O–H groups in total. The van der Waals surface area contributed by atoms with Gasteiger partial charge in [0.2, 0.25) is 10.0 Å². The predicted octanol–water partition coefficient (Wildman–Crippen LogP) is 7.60. The molecule has 0 spiro atoms. The highest BCUT2D eigenvalue weighted by atomic mass is 32.2. The molecule has 2 heterocycles. The first-order valence-electron chi connectivity index (χ1n) is 17.9. The zero-order chi connectivity index (χ0) is 36.1. The number of nitrogens with zero attached hydrogens (tertiary/aromatic N) is 4. The first kappa shape index (κ1) is 35.2. The van der Waals surface area contributed by atoms with Crippen molar-refractivity contribution in [2.45, 2.75) is 68.6 Å². The van der Waals surface area contributed by atoms with Crippen molar-refractivity contribution in [2.24, 2.45) is 0 Å². The average molecular weight is 717 g/mol. The Bertz CT molecular complexity index is 2190. The fourth-order valence-electron chi connectivity index (χ4n) is 8.10. The molecule has 1 amide bonds. The van der Waals surface area contributed by atoms with Gasteiger partial charge in [-0.25, -0.2) is 18.0 Å². The van der Waals surface area contributed by atoms with Gasteiger partial charge in [-0.05, 0) is 60.9 Å². The minimum Gasteiger partial charge on any atom is -0.465 e. The van der Waals surface area contributed by atoms with Crippen molar-refractivity contribution in [1.29, 1.82) is 0 Å². The Balaban J connectivity index is 1.37. The first-order chi connectivity index (χ1) is 25.3. The molecule has 1 aromatic heterocycles. The molecule has 1 aliphatic heterocycles. The number of imidazole rings is 1. The van der Waals surface area contributed by atoms with Gasteiger partial charge in [0.15, 0.2) is 0 Å². The lowest BCUT2D eigenvalue weighted by atomic mass is 9.84. The van der Waals surface area contributed by atoms with Crippen LogP contribution in [-0.4, -0.2) is 55.4 Å². The zero-order valence-electron chi connectivity index (χ0n) is 29.1. The Morgan fingerprint density at radius 2 is 1.37 bits per heavy atom. The number of allylic oxidation sites excluding steroid dienone is 3. The second kappa shape index (κ2) is 15.2. The van der Waals surface area contributed by atoms with Crippen molar-refractivity contribution in [2.75, 3.05) is 6.54 Å². The maximum absolute atomic E-state index is 14.6. The second-order valence-corrected chi connectivity index (χ2v) is 15.8. The Kier molecular flexibility index (Phi) is 10.3. The van der Waals surface area contributed by atoms with Gasteiger partial charge in [0.05, 0.1) is 11.0 Å². The van der Waals surface area contributed by atoms with E-state index in [1.807, 2.05) is 66.7 Å². The van der Waals surface area contributed by atoms with E-state index in [0.29, 0.717) is 49.8 Å². The number of carbonyl (C=O) groups is 1. The Morgan fingerprint density at radius 1 is 0.788 bits per heavy atom. The lowest BCUT2D eigenvalue weighted by Gasteiger charge is -2.54. The number of likely N-dealkylation sites (tertiary alicyclic amines) is 1. The van der Waals surface area contributed by atoms with E-state index in [-0.39, 0.29) is 13.0 Å². The van der Waals surface area contributed by atoms with Crippen LogP contribution in [0.2, 0.25) is 0 Å². The smallest absolute Gasteiger partial charge is 0.408 e. The van der Waals surface area contributed by atoms with Crippen molar-refractivity contribution in [3.8, 4) is 0 Å². The van der Waals surface area contributed by atoms with Crippen LogP contribution in [0.25, 0.3) is 11.0 Å². The molecular formula is C42H44N4O5S. The van der Waals surface area contributed by atoms with E-state index in [2.05, 4.69) is 41.3 Å². The second-order valence-electron chi connectivity index (χ2n) is 13.8. The fourth-order valence-corrected chi connectivity index (χ4v) is 9.75. The van der Waals surface area contributed by atoms with Crippen LogP contribution in [0.1, 0.15) is 54.8 Å². The highest BCUT2D eigenvalue weighted by Gasteiger charge is 2.50. The molecule has 0 saturated carbocycles. The number of piperidine rings is 1. The van der Waals surface area contributed by atoms with Gasteiger partial charge < -0.3 is 5.11 Å². The topological polar surface area (TPSA) is 105 Å². The molecule has 10 heteroatoms. The molecule has 1 fully saturated rings. The molecule has 5 aromatic rings. The van der Waals surface area contributed by atoms with E-state index in [9.17, 15) is 23.1 Å². The molecule has 0 bridgehead atoms. The summed E-state index contributed by atoms with van der Waals surface area (Å²) in [5, 5.41) is 10.1. The van der Waals surface area contributed by atoms with E-state index in [1.165, 1.54) is 5.56 Å². The van der Waals surface area contributed by atoms with Gasteiger partial charge in [0.25, 0.3) is 0 Å². The normalized spacial score (nSPS) is 20.4. The van der Waals surface area contributed by atoms with Crippen LogP contribution in [-0.2, 0) is 29.5 Å². The summed E-state index contributed by atoms with van der Waals surface area (Å²) in [4.78, 5) is 31.8. The van der Waals surface area contributed by atoms with Crippen molar-refractivity contribution < 1.29 is 18.3 Å². The maximum Gasteiger partial charge on any atom is 0.408 e. The number of aryl methyl sites for hydroxylation is 1. The van der Waals surface area contributed by atoms with Gasteiger partial charge in [0.1, 0.15) is 10.9 Å². The van der Waals surface area contributed by atoms with Gasteiger partial charge in [-0.3, -0.25) is 14.4 Å². The standard InChI is InChI=1S/C42H44N4O5S/c47-40-45(38-25-13-14-26-39(38)46(40)52(50,51)37-23-11-4-12-24-37)36-27-29-44(41(48)49)42(30-36,28-15-22-33-16-5-1-6-17-33)43(31-34-18-7-2-8-19-34)32-35-20-9-3-10-21-35/h1-14,16-21,23,25-26,36-37H,15,22,24,27-32H2,(H,48,49). The minimum absolute atomic E-state index is 0.181. The fraction of sp³-hybridized carbons (Fsp3) is 0.286. The van der Waals surface area contributed by atoms with Crippen LogP contribution in [0, 0.1) is 0 Å². The Labute approximate surface area is 304 Å². The van der Waals surface area contributed by atoms with E-state index in [4.69, 9.17) is 0 Å². The van der Waals surface area contributed by atoms with Gasteiger partial charge in [-0.2, -0.15) is 3.97 Å². The molecule has 4 aromatic carbocycles. The lowest BCUT2D eigenvalue weighted by Crippen LogP contribution is -2.65. The summed E-state index contributed by atoms with van der Waals surface area (Å²) in [6, 6.07) is 36.9. The molecule has 1 saturated heterocycles. The van der Waals surface area contributed by atoms with Crippen molar-refractivity contribution in [1.82, 2.24) is 18.3 Å². The summed E-state index contributed by atoms with van der Waals surface area (Å²) in [5.41, 5.74) is 2.46. The number of aromatic nitrogens is 2. The third-order valence-electron chi connectivity index (χ3n) is 10.6. The summed E-state index contributed by atoms with van der Waals surface area (Å²) >= 11 is 0. The number of benzene rings is 4. The quantitative estimate of drug-likeness (QED) is 0.143. The molecule has 268 valence electrons. The summed E-state index contributed by atoms with van der Waals surface area (Å²) in [7, 11) is -4.10. The third-order valence-corrected chi connectivity index (χ3v) is 12.5. The number of carboxylic acid groups (broad SMARTS) is 1. The van der Waals surface area contributed by atoms with Crippen molar-refractivity contribution in [3.05, 3.63) is 167 Å². The van der Waals surface area contributed by atoms with Gasteiger partial charge in [-0.15, -0.1) is 0 Å². The monoisotopic (exact) mass is 716 g/mol. The molecule has 9 nitrogen and oxygen atoms in total. The Hall–Kier alpha value is -5.19. The zero-order valence-corrected chi connectivity index (χ0v) is 29.9. The number of para-hydroxylation sites is 2. The highest BCUT2D eigenvalue weighted by molar-refractivity contribution is 7.90. The number of fused-ring (bicyclic) bond motifs is 1. The maximum atomic E-state index is 14.6. The van der Waals surface area contributed by atoms with Gasteiger partial charge in [-0.1, -0.05) is 127 Å². The van der Waals surface area contributed by atoms with Crippen LogP contribution in [0.5, 0.6) is 0 Å². The highest BCUT2D eigenvalue weighted by Crippen LogP contribution is 2.43. The van der Waals surface area contributed by atoms with Crippen LogP contribution in [0.4, 0.5) is 4.79 Å². The van der Waals surface area contributed by atoms with E-state index in [0.717, 1.165) is 21.5 Å². The molecule has 3 atom stereocenters. The molecule has 52 heavy (non-hydrogen) atoms. The van der Waals surface area contributed by atoms with Crippen LogP contribution in [0.15, 0.2) is 144 Å². The number of hydrogen-bond acceptors (Lipinski definition) is 5. The molecular weight excluding hydrogens is 673 g/mol. The Morgan fingerprint density at radius 3 is 1.94 bits per heavy atom. The van der Waals surface area contributed by atoms with Crippen molar-refractivity contribution in [3.63, 3.8) is 0 Å². The largest absolute Gasteiger partial charge is 0.465 e. The van der Waals surface area contributed by atoms with Crippen molar-refractivity contribution >= 4 is 27.1 Å². The summed E-state index contributed by atoms with van der Waals surface area (Å²) in [6.45, 7) is 1.13. The average Bonchev–Trinajstić information content (AvgIpc) is 3.48. The number of amides is 1. The summed E-state index contributed by atoms with van der Waals surface area (Å²) in [6.07, 6.45) is 8.82. The lowest BCUT2D eigenvalue weighted by molar-refractivity contribution is -0.0980. The van der Waals surface area contributed by atoms with Crippen LogP contribution >= 0.6 is 0 Å². The molecule has 7 rings (SSSR count). The SMILES string of the molecule is O=C(O)N1CCC(n2c(=O)n(S(=O)(=O)C3C=CC=CC3)c3ccccc32)CC1(CCCc1ccccc1)N(Cc1ccccc1)Cc1ccccc1. The van der Waals surface area contributed by atoms with E-state index < -0.39 is 38.8 Å². The van der Waals surface area contributed by atoms with Gasteiger partial charge in [0, 0.05) is 32.1 Å². The predicted molar refractivity (Wildman–Crippen MR) is 204 cm³/mol.